The van der Waals surface area contributed by atoms with Crippen LogP contribution in [0.3, 0.4) is 0 Å². The van der Waals surface area contributed by atoms with Gasteiger partial charge in [0.15, 0.2) is 0 Å². The molecule has 1 N–H and O–H groups in total. The molecule has 2 aromatic heterocycles. The standard InChI is InChI=1S/C21H23FN6O2/c1-15-17(20(29)23-8-9-27-10-12-30-13-11-27)14-25-28(15)21-24-7-6-19(26-21)16-4-2-3-5-18(16)22/h2-7,14H,8-13H2,1H3,(H,23,29). The van der Waals surface area contributed by atoms with Gasteiger partial charge in [-0.2, -0.15) is 5.10 Å². The average Bonchev–Trinajstić information content (AvgIpc) is 3.16. The van der Waals surface area contributed by atoms with Crippen molar-refractivity contribution >= 4 is 5.91 Å². The summed E-state index contributed by atoms with van der Waals surface area (Å²) < 4.78 is 20.9. The molecule has 0 aliphatic carbocycles. The fourth-order valence-electron chi connectivity index (χ4n) is 3.35. The molecule has 0 bridgehead atoms. The molecule has 1 saturated heterocycles. The number of morpholine rings is 1. The Labute approximate surface area is 173 Å². The van der Waals surface area contributed by atoms with Gasteiger partial charge in [-0.3, -0.25) is 9.69 Å². The van der Waals surface area contributed by atoms with E-state index in [0.717, 1.165) is 32.8 Å². The fraction of sp³-hybridized carbons (Fsp3) is 0.333. The maximum atomic E-state index is 14.1. The van der Waals surface area contributed by atoms with E-state index in [9.17, 15) is 9.18 Å². The Hall–Kier alpha value is -3.17. The van der Waals surface area contributed by atoms with Crippen molar-refractivity contribution in [2.45, 2.75) is 6.92 Å². The van der Waals surface area contributed by atoms with Crippen LogP contribution in [-0.2, 0) is 4.74 Å². The Bertz CT molecular complexity index is 1030. The number of carbonyl (C=O) groups excluding carboxylic acids is 1. The lowest BCUT2D eigenvalue weighted by Gasteiger charge is -2.26. The van der Waals surface area contributed by atoms with Crippen LogP contribution in [0.5, 0.6) is 0 Å². The van der Waals surface area contributed by atoms with E-state index >= 15 is 0 Å². The molecule has 156 valence electrons. The van der Waals surface area contributed by atoms with Gasteiger partial charge in [-0.1, -0.05) is 12.1 Å². The highest BCUT2D eigenvalue weighted by Gasteiger charge is 2.18. The first-order chi connectivity index (χ1) is 14.6. The quantitative estimate of drug-likeness (QED) is 0.668. The molecule has 3 heterocycles. The third-order valence-corrected chi connectivity index (χ3v) is 5.05. The van der Waals surface area contributed by atoms with Crippen molar-refractivity contribution in [3.05, 3.63) is 59.8 Å². The molecule has 0 saturated carbocycles. The van der Waals surface area contributed by atoms with E-state index in [-0.39, 0.29) is 17.7 Å². The van der Waals surface area contributed by atoms with Crippen molar-refractivity contribution in [1.82, 2.24) is 30.0 Å². The van der Waals surface area contributed by atoms with Gasteiger partial charge in [0, 0.05) is 37.9 Å². The molecule has 3 aromatic rings. The van der Waals surface area contributed by atoms with E-state index in [2.05, 4.69) is 25.3 Å². The molecule has 1 fully saturated rings. The van der Waals surface area contributed by atoms with E-state index < -0.39 is 0 Å². The first-order valence-corrected chi connectivity index (χ1v) is 9.85. The van der Waals surface area contributed by atoms with Crippen LogP contribution in [0, 0.1) is 12.7 Å². The second-order valence-corrected chi connectivity index (χ2v) is 6.99. The number of aromatic nitrogens is 4. The van der Waals surface area contributed by atoms with Crippen LogP contribution in [0.2, 0.25) is 0 Å². The number of nitrogens with one attached hydrogen (secondary N) is 1. The molecule has 0 atom stereocenters. The largest absolute Gasteiger partial charge is 0.379 e. The van der Waals surface area contributed by atoms with Gasteiger partial charge in [-0.05, 0) is 25.1 Å². The third-order valence-electron chi connectivity index (χ3n) is 5.05. The van der Waals surface area contributed by atoms with E-state index in [0.29, 0.717) is 29.1 Å². The number of carbonyl (C=O) groups is 1. The lowest BCUT2D eigenvalue weighted by Crippen LogP contribution is -2.41. The Kier molecular flexibility index (Phi) is 6.10. The van der Waals surface area contributed by atoms with Crippen molar-refractivity contribution in [2.24, 2.45) is 0 Å². The van der Waals surface area contributed by atoms with Gasteiger partial charge in [0.25, 0.3) is 11.9 Å². The molecule has 0 unspecified atom stereocenters. The fourth-order valence-corrected chi connectivity index (χ4v) is 3.35. The van der Waals surface area contributed by atoms with Gasteiger partial charge in [-0.25, -0.2) is 19.0 Å². The van der Waals surface area contributed by atoms with Crippen molar-refractivity contribution < 1.29 is 13.9 Å². The molecule has 1 aromatic carbocycles. The van der Waals surface area contributed by atoms with Crippen LogP contribution in [-0.4, -0.2) is 69.9 Å². The summed E-state index contributed by atoms with van der Waals surface area (Å²) >= 11 is 0. The summed E-state index contributed by atoms with van der Waals surface area (Å²) in [6.45, 7) is 6.31. The monoisotopic (exact) mass is 410 g/mol. The van der Waals surface area contributed by atoms with Gasteiger partial charge < -0.3 is 10.1 Å². The highest BCUT2D eigenvalue weighted by molar-refractivity contribution is 5.95. The van der Waals surface area contributed by atoms with Crippen molar-refractivity contribution in [3.63, 3.8) is 0 Å². The minimum Gasteiger partial charge on any atom is -0.379 e. The molecular weight excluding hydrogens is 387 g/mol. The predicted octanol–water partition coefficient (Wildman–Crippen LogP) is 1.84. The highest BCUT2D eigenvalue weighted by atomic mass is 19.1. The summed E-state index contributed by atoms with van der Waals surface area (Å²) in [6.07, 6.45) is 3.05. The van der Waals surface area contributed by atoms with Gasteiger partial charge in [0.05, 0.1) is 36.4 Å². The second kappa shape index (κ2) is 9.10. The Morgan fingerprint density at radius 1 is 1.23 bits per heavy atom. The molecule has 0 spiro atoms. The van der Waals surface area contributed by atoms with Crippen LogP contribution in [0.1, 0.15) is 16.1 Å². The zero-order valence-electron chi connectivity index (χ0n) is 16.7. The van der Waals surface area contributed by atoms with Gasteiger partial charge in [0.1, 0.15) is 5.82 Å². The van der Waals surface area contributed by atoms with Crippen LogP contribution in [0.4, 0.5) is 4.39 Å². The minimum atomic E-state index is -0.361. The van der Waals surface area contributed by atoms with Crippen LogP contribution >= 0.6 is 0 Å². The summed E-state index contributed by atoms with van der Waals surface area (Å²) in [5.74, 6) is -0.280. The van der Waals surface area contributed by atoms with E-state index in [4.69, 9.17) is 4.74 Å². The summed E-state index contributed by atoms with van der Waals surface area (Å²) in [5.41, 5.74) is 1.90. The topological polar surface area (TPSA) is 85.2 Å². The van der Waals surface area contributed by atoms with Gasteiger partial charge >= 0.3 is 0 Å². The van der Waals surface area contributed by atoms with E-state index in [1.54, 1.807) is 37.4 Å². The smallest absolute Gasteiger partial charge is 0.254 e. The molecule has 4 rings (SSSR count). The molecular formula is C21H23FN6O2. The lowest BCUT2D eigenvalue weighted by molar-refractivity contribution is 0.0383. The van der Waals surface area contributed by atoms with Crippen molar-refractivity contribution in [3.8, 4) is 17.2 Å². The highest BCUT2D eigenvalue weighted by Crippen LogP contribution is 2.21. The number of benzene rings is 1. The molecule has 8 nitrogen and oxygen atoms in total. The maximum Gasteiger partial charge on any atom is 0.254 e. The van der Waals surface area contributed by atoms with Crippen molar-refractivity contribution in [2.75, 3.05) is 39.4 Å². The Morgan fingerprint density at radius 2 is 2.03 bits per heavy atom. The lowest BCUT2D eigenvalue weighted by atomic mass is 10.1. The number of hydrogen-bond donors (Lipinski definition) is 1. The molecule has 1 aliphatic heterocycles. The Morgan fingerprint density at radius 3 is 2.83 bits per heavy atom. The zero-order chi connectivity index (χ0) is 20.9. The van der Waals surface area contributed by atoms with Crippen LogP contribution in [0.25, 0.3) is 17.2 Å². The van der Waals surface area contributed by atoms with Crippen molar-refractivity contribution in [1.29, 1.82) is 0 Å². The van der Waals surface area contributed by atoms with Gasteiger partial charge in [-0.15, -0.1) is 0 Å². The normalized spacial score (nSPS) is 14.6. The third kappa shape index (κ3) is 4.37. The average molecular weight is 410 g/mol. The SMILES string of the molecule is Cc1c(C(=O)NCCN2CCOCC2)cnn1-c1nccc(-c2ccccc2F)n1. The summed E-state index contributed by atoms with van der Waals surface area (Å²) in [5, 5.41) is 7.20. The number of nitrogens with zero attached hydrogens (tertiary/aromatic N) is 5. The predicted molar refractivity (Wildman–Crippen MR) is 109 cm³/mol. The summed E-state index contributed by atoms with van der Waals surface area (Å²) in [4.78, 5) is 23.5. The number of amides is 1. The number of rotatable bonds is 6. The molecule has 9 heteroatoms. The first-order valence-electron chi connectivity index (χ1n) is 9.85. The molecule has 1 aliphatic rings. The number of ether oxygens (including phenoxy) is 1. The van der Waals surface area contributed by atoms with E-state index in [1.807, 2.05) is 0 Å². The maximum absolute atomic E-state index is 14.1. The zero-order valence-corrected chi connectivity index (χ0v) is 16.7. The first kappa shape index (κ1) is 20.1. The number of halogens is 1. The summed E-state index contributed by atoms with van der Waals surface area (Å²) in [6, 6.07) is 8.06. The van der Waals surface area contributed by atoms with Gasteiger partial charge in [0.2, 0.25) is 0 Å². The summed E-state index contributed by atoms with van der Waals surface area (Å²) in [7, 11) is 0. The second-order valence-electron chi connectivity index (χ2n) is 6.99. The van der Waals surface area contributed by atoms with Crippen LogP contribution in [0.15, 0.2) is 42.7 Å². The molecule has 0 radical (unpaired) electrons. The molecule has 1 amide bonds. The van der Waals surface area contributed by atoms with Crippen LogP contribution < -0.4 is 5.32 Å². The minimum absolute atomic E-state index is 0.197. The molecule has 30 heavy (non-hydrogen) atoms. The Balaban J connectivity index is 1.47. The number of hydrogen-bond acceptors (Lipinski definition) is 6. The van der Waals surface area contributed by atoms with E-state index in [1.165, 1.54) is 16.9 Å².